The van der Waals surface area contributed by atoms with Gasteiger partial charge in [0.05, 0.1) is 17.9 Å². The number of thioether (sulfide) groups is 1. The van der Waals surface area contributed by atoms with Gasteiger partial charge in [0, 0.05) is 12.8 Å². The predicted octanol–water partition coefficient (Wildman–Crippen LogP) is 3.24. The van der Waals surface area contributed by atoms with E-state index in [1.807, 2.05) is 48.0 Å². The molecule has 1 aromatic carbocycles. The Morgan fingerprint density at radius 2 is 2.10 bits per heavy atom. The molecular weight excluding hydrogens is 284 g/mol. The van der Waals surface area contributed by atoms with Crippen molar-refractivity contribution in [3.05, 3.63) is 53.8 Å². The Labute approximate surface area is 126 Å². The highest BCUT2D eigenvalue weighted by Gasteiger charge is 2.13. The van der Waals surface area contributed by atoms with E-state index in [0.29, 0.717) is 22.9 Å². The van der Waals surface area contributed by atoms with Crippen LogP contribution in [-0.4, -0.2) is 14.8 Å². The van der Waals surface area contributed by atoms with Crippen molar-refractivity contribution in [2.45, 2.75) is 10.9 Å². The van der Waals surface area contributed by atoms with Crippen LogP contribution in [0.5, 0.6) is 0 Å². The van der Waals surface area contributed by atoms with Gasteiger partial charge in [-0.2, -0.15) is 5.26 Å². The van der Waals surface area contributed by atoms with E-state index in [-0.39, 0.29) is 0 Å². The molecule has 5 nitrogen and oxygen atoms in total. The van der Waals surface area contributed by atoms with Crippen molar-refractivity contribution in [3.63, 3.8) is 0 Å². The lowest BCUT2D eigenvalue weighted by molar-refractivity contribution is 0.572. The van der Waals surface area contributed by atoms with Crippen LogP contribution in [0.3, 0.4) is 0 Å². The van der Waals surface area contributed by atoms with Gasteiger partial charge in [0.2, 0.25) is 0 Å². The maximum Gasteiger partial charge on any atom is 0.200 e. The second-order valence-corrected chi connectivity index (χ2v) is 5.34. The number of nitrogens with zero attached hydrogens (tertiary/aromatic N) is 4. The molecule has 0 fully saturated rings. The number of furan rings is 1. The highest BCUT2D eigenvalue weighted by Crippen LogP contribution is 2.26. The van der Waals surface area contributed by atoms with Gasteiger partial charge < -0.3 is 8.98 Å². The Bertz CT molecular complexity index is 786. The molecule has 2 aromatic heterocycles. The quantitative estimate of drug-likeness (QED) is 0.691. The van der Waals surface area contributed by atoms with Crippen LogP contribution in [0, 0.1) is 11.3 Å². The number of nitriles is 1. The maximum atomic E-state index is 9.09. The lowest BCUT2D eigenvalue weighted by Crippen LogP contribution is -1.95. The summed E-state index contributed by atoms with van der Waals surface area (Å²) >= 11 is 1.54. The fraction of sp³-hybridized carbons (Fsp3) is 0.133. The second-order valence-electron chi connectivity index (χ2n) is 4.40. The summed E-state index contributed by atoms with van der Waals surface area (Å²) in [7, 11) is 1.90. The number of rotatable bonds is 4. The van der Waals surface area contributed by atoms with E-state index in [0.717, 1.165) is 10.7 Å². The summed E-state index contributed by atoms with van der Waals surface area (Å²) in [5, 5.41) is 18.2. The Morgan fingerprint density at radius 3 is 2.86 bits per heavy atom. The molecule has 21 heavy (non-hydrogen) atoms. The second kappa shape index (κ2) is 5.85. The third-order valence-electron chi connectivity index (χ3n) is 3.07. The number of hydrogen-bond donors (Lipinski definition) is 0. The molecule has 104 valence electrons. The zero-order valence-electron chi connectivity index (χ0n) is 11.4. The standard InChI is InChI=1S/C15H12N4OS/c1-19-14(13-7-4-8-20-13)17-18-15(19)21-10-12-6-3-2-5-11(12)9-16/h2-8H,10H2,1H3. The Kier molecular flexibility index (Phi) is 3.75. The minimum absolute atomic E-state index is 0.674. The summed E-state index contributed by atoms with van der Waals surface area (Å²) in [6.07, 6.45) is 1.61. The number of benzene rings is 1. The predicted molar refractivity (Wildman–Crippen MR) is 79.4 cm³/mol. The lowest BCUT2D eigenvalue weighted by atomic mass is 10.1. The first-order valence-electron chi connectivity index (χ1n) is 6.33. The molecule has 6 heteroatoms. The molecule has 0 aliphatic heterocycles. The molecule has 0 aliphatic carbocycles. The molecular formula is C15H12N4OS. The Balaban J connectivity index is 1.79. The average molecular weight is 296 g/mol. The topological polar surface area (TPSA) is 67.6 Å². The van der Waals surface area contributed by atoms with Gasteiger partial charge in [-0.15, -0.1) is 10.2 Å². The first kappa shape index (κ1) is 13.5. The molecule has 0 amide bonds. The summed E-state index contributed by atoms with van der Waals surface area (Å²) < 4.78 is 7.22. The zero-order chi connectivity index (χ0) is 14.7. The van der Waals surface area contributed by atoms with E-state index >= 15 is 0 Å². The van der Waals surface area contributed by atoms with Crippen LogP contribution in [0.2, 0.25) is 0 Å². The summed E-state index contributed by atoms with van der Waals surface area (Å²) in [5.41, 5.74) is 1.69. The van der Waals surface area contributed by atoms with Gasteiger partial charge in [-0.25, -0.2) is 0 Å². The van der Waals surface area contributed by atoms with Crippen LogP contribution in [0.25, 0.3) is 11.6 Å². The van der Waals surface area contributed by atoms with Gasteiger partial charge in [0.15, 0.2) is 16.7 Å². The molecule has 0 N–H and O–H groups in total. The molecule has 3 aromatic rings. The van der Waals surface area contributed by atoms with Crippen LogP contribution >= 0.6 is 11.8 Å². The van der Waals surface area contributed by atoms with Crippen LogP contribution < -0.4 is 0 Å². The van der Waals surface area contributed by atoms with Crippen molar-refractivity contribution in [2.24, 2.45) is 7.05 Å². The number of aromatic nitrogens is 3. The van der Waals surface area contributed by atoms with Crippen molar-refractivity contribution in [3.8, 4) is 17.7 Å². The Hall–Kier alpha value is -2.52. The smallest absolute Gasteiger partial charge is 0.200 e. The van der Waals surface area contributed by atoms with Gasteiger partial charge in [0.1, 0.15) is 0 Å². The monoisotopic (exact) mass is 296 g/mol. The highest BCUT2D eigenvalue weighted by molar-refractivity contribution is 7.98. The third-order valence-corrected chi connectivity index (χ3v) is 4.14. The fourth-order valence-corrected chi connectivity index (χ4v) is 2.87. The first-order chi connectivity index (χ1) is 10.3. The molecule has 0 aliphatic rings. The van der Waals surface area contributed by atoms with Gasteiger partial charge in [-0.1, -0.05) is 30.0 Å². The van der Waals surface area contributed by atoms with Crippen LogP contribution in [-0.2, 0) is 12.8 Å². The lowest BCUT2D eigenvalue weighted by Gasteiger charge is -2.04. The normalized spacial score (nSPS) is 10.5. The van der Waals surface area contributed by atoms with Crippen molar-refractivity contribution in [1.29, 1.82) is 5.26 Å². The van der Waals surface area contributed by atoms with E-state index in [1.165, 1.54) is 0 Å². The molecule has 0 radical (unpaired) electrons. The van der Waals surface area contributed by atoms with Gasteiger partial charge >= 0.3 is 0 Å². The van der Waals surface area contributed by atoms with Crippen LogP contribution in [0.15, 0.2) is 52.2 Å². The summed E-state index contributed by atoms with van der Waals surface area (Å²) in [6, 6.07) is 13.4. The Morgan fingerprint density at radius 1 is 1.24 bits per heavy atom. The van der Waals surface area contributed by atoms with Gasteiger partial charge in [-0.05, 0) is 23.8 Å². The minimum atomic E-state index is 0.674. The first-order valence-corrected chi connectivity index (χ1v) is 7.32. The zero-order valence-corrected chi connectivity index (χ0v) is 12.2. The molecule has 2 heterocycles. The van der Waals surface area contributed by atoms with Crippen molar-refractivity contribution < 1.29 is 4.42 Å². The van der Waals surface area contributed by atoms with E-state index in [2.05, 4.69) is 16.3 Å². The van der Waals surface area contributed by atoms with E-state index in [9.17, 15) is 0 Å². The average Bonchev–Trinajstić information content (AvgIpc) is 3.15. The third kappa shape index (κ3) is 2.69. The SMILES string of the molecule is Cn1c(SCc2ccccc2C#N)nnc1-c1ccco1. The van der Waals surface area contributed by atoms with Crippen molar-refractivity contribution >= 4 is 11.8 Å². The summed E-state index contributed by atoms with van der Waals surface area (Å²) in [5.74, 6) is 2.05. The van der Waals surface area contributed by atoms with Crippen molar-refractivity contribution in [2.75, 3.05) is 0 Å². The van der Waals surface area contributed by atoms with E-state index < -0.39 is 0 Å². The molecule has 0 unspecified atom stereocenters. The van der Waals surface area contributed by atoms with Gasteiger partial charge in [0.25, 0.3) is 0 Å². The molecule has 0 saturated heterocycles. The molecule has 3 rings (SSSR count). The van der Waals surface area contributed by atoms with E-state index in [1.54, 1.807) is 18.0 Å². The minimum Gasteiger partial charge on any atom is -0.461 e. The van der Waals surface area contributed by atoms with E-state index in [4.69, 9.17) is 9.68 Å². The molecule has 0 saturated carbocycles. The highest BCUT2D eigenvalue weighted by atomic mass is 32.2. The maximum absolute atomic E-state index is 9.09. The number of hydrogen-bond acceptors (Lipinski definition) is 5. The summed E-state index contributed by atoms with van der Waals surface area (Å²) in [6.45, 7) is 0. The van der Waals surface area contributed by atoms with Crippen molar-refractivity contribution in [1.82, 2.24) is 14.8 Å². The molecule has 0 atom stereocenters. The summed E-state index contributed by atoms with van der Waals surface area (Å²) in [4.78, 5) is 0. The molecule has 0 spiro atoms. The van der Waals surface area contributed by atoms with Gasteiger partial charge in [-0.3, -0.25) is 0 Å². The largest absolute Gasteiger partial charge is 0.461 e. The van der Waals surface area contributed by atoms with Crippen LogP contribution in [0.4, 0.5) is 0 Å². The van der Waals surface area contributed by atoms with Crippen LogP contribution in [0.1, 0.15) is 11.1 Å². The molecule has 0 bridgehead atoms. The fourth-order valence-electron chi connectivity index (χ4n) is 1.96.